The summed E-state index contributed by atoms with van der Waals surface area (Å²) in [6.45, 7) is 3.60. The Morgan fingerprint density at radius 3 is 1.80 bits per heavy atom. The van der Waals surface area contributed by atoms with Crippen LogP contribution < -0.4 is 13.8 Å². The van der Waals surface area contributed by atoms with Gasteiger partial charge >= 0.3 is 7.60 Å². The Hall–Kier alpha value is -3.45. The molecule has 0 amide bonds. The van der Waals surface area contributed by atoms with Crippen LogP contribution in [-0.4, -0.2) is 13.4 Å². The highest BCUT2D eigenvalue weighted by Crippen LogP contribution is 2.59. The fraction of sp³-hybridized carbons (Fsp3) is 0.115. The lowest BCUT2D eigenvalue weighted by Gasteiger charge is -2.28. The molecule has 4 aromatic rings. The normalized spacial score (nSPS) is 12.6. The first-order chi connectivity index (χ1) is 16.7. The number of pyridine rings is 1. The molecule has 1 aromatic heterocycles. The Morgan fingerprint density at radius 2 is 1.29 bits per heavy atom. The van der Waals surface area contributed by atoms with Crippen LogP contribution in [0.25, 0.3) is 0 Å². The molecule has 0 aliphatic rings. The second-order valence-corrected chi connectivity index (χ2v) is 11.5. The van der Waals surface area contributed by atoms with Gasteiger partial charge in [0.15, 0.2) is 10.8 Å². The molecule has 0 saturated heterocycles. The summed E-state index contributed by atoms with van der Waals surface area (Å²) >= 11 is 0. The Bertz CT molecular complexity index is 1380. The van der Waals surface area contributed by atoms with E-state index in [4.69, 9.17) is 9.05 Å². The number of nitrogens with one attached hydrogen (secondary N) is 1. The molecule has 0 radical (unpaired) electrons. The number of rotatable bonds is 9. The zero-order chi connectivity index (χ0) is 24.9. The maximum absolute atomic E-state index is 14.5. The molecular formula is C26H25N2O5PS. The molecule has 4 rings (SSSR count). The zero-order valence-electron chi connectivity index (χ0n) is 19.2. The van der Waals surface area contributed by atoms with Gasteiger partial charge in [-0.15, -0.1) is 0 Å². The van der Waals surface area contributed by atoms with Gasteiger partial charge in [-0.3, -0.25) is 0 Å². The first-order valence-corrected chi connectivity index (χ1v) is 14.0. The lowest BCUT2D eigenvalue weighted by atomic mass is 10.1. The average molecular weight is 509 g/mol. The van der Waals surface area contributed by atoms with Gasteiger partial charge in [0.25, 0.3) is 10.0 Å². The van der Waals surface area contributed by atoms with Crippen LogP contribution >= 0.6 is 7.60 Å². The highest BCUT2D eigenvalue weighted by Gasteiger charge is 2.43. The van der Waals surface area contributed by atoms with Crippen molar-refractivity contribution in [1.29, 1.82) is 0 Å². The van der Waals surface area contributed by atoms with Crippen molar-refractivity contribution >= 4 is 17.6 Å². The van der Waals surface area contributed by atoms with Crippen LogP contribution in [0.15, 0.2) is 108 Å². The van der Waals surface area contributed by atoms with Gasteiger partial charge in [-0.2, -0.15) is 4.72 Å². The van der Waals surface area contributed by atoms with Crippen molar-refractivity contribution in [3.63, 3.8) is 0 Å². The maximum atomic E-state index is 14.5. The van der Waals surface area contributed by atoms with Gasteiger partial charge in [0.2, 0.25) is 0 Å². The minimum Gasteiger partial charge on any atom is -0.415 e. The predicted molar refractivity (Wildman–Crippen MR) is 135 cm³/mol. The summed E-state index contributed by atoms with van der Waals surface area (Å²) in [5.41, 5.74) is 1.91. The van der Waals surface area contributed by atoms with Crippen molar-refractivity contribution in [3.05, 3.63) is 120 Å². The lowest BCUT2D eigenvalue weighted by Crippen LogP contribution is -2.31. The van der Waals surface area contributed by atoms with Gasteiger partial charge in [0.05, 0.1) is 0 Å². The summed E-state index contributed by atoms with van der Waals surface area (Å²) in [6.07, 6.45) is 0. The molecule has 7 nitrogen and oxygen atoms in total. The van der Waals surface area contributed by atoms with E-state index in [0.717, 1.165) is 5.56 Å². The number of benzene rings is 3. The summed E-state index contributed by atoms with van der Waals surface area (Å²) in [5, 5.41) is -0.194. The van der Waals surface area contributed by atoms with E-state index in [1.807, 2.05) is 6.92 Å². The molecule has 0 aliphatic heterocycles. The van der Waals surface area contributed by atoms with E-state index in [0.29, 0.717) is 11.3 Å². The van der Waals surface area contributed by atoms with Crippen LogP contribution in [0.2, 0.25) is 0 Å². The average Bonchev–Trinajstić information content (AvgIpc) is 2.84. The van der Waals surface area contributed by atoms with Crippen molar-refractivity contribution < 1.29 is 22.0 Å². The molecule has 35 heavy (non-hydrogen) atoms. The molecule has 180 valence electrons. The lowest BCUT2D eigenvalue weighted by molar-refractivity contribution is 0.368. The molecule has 9 heteroatoms. The number of aryl methyl sites for hydroxylation is 2. The van der Waals surface area contributed by atoms with E-state index in [9.17, 15) is 13.0 Å². The maximum Gasteiger partial charge on any atom is 0.453 e. The van der Waals surface area contributed by atoms with Crippen molar-refractivity contribution in [2.45, 2.75) is 24.7 Å². The quantitative estimate of drug-likeness (QED) is 0.278. The Kier molecular flexibility index (Phi) is 7.36. The molecule has 3 aromatic carbocycles. The van der Waals surface area contributed by atoms with Crippen LogP contribution in [0.5, 0.6) is 11.5 Å². The fourth-order valence-electron chi connectivity index (χ4n) is 3.32. The Labute approximate surface area is 205 Å². The molecule has 0 aliphatic carbocycles. The van der Waals surface area contributed by atoms with E-state index in [2.05, 4.69) is 9.71 Å². The summed E-state index contributed by atoms with van der Waals surface area (Å²) in [7, 11) is -8.46. The van der Waals surface area contributed by atoms with Crippen LogP contribution in [0, 0.1) is 13.8 Å². The largest absolute Gasteiger partial charge is 0.453 e. The molecule has 0 fully saturated rings. The van der Waals surface area contributed by atoms with E-state index in [-0.39, 0.29) is 16.5 Å². The molecule has 0 spiro atoms. The topological polar surface area (TPSA) is 94.6 Å². The standard InChI is InChI=1S/C26H25N2O5PS/c1-20-16-18-22(19-17-20)26(28-35(30,31)25-15-9-10-21(2)27-25)34(29,32-23-11-5-3-6-12-23)33-24-13-7-4-8-14-24/h3-19,26,28H,1-2H3/t26-/m1/s1. The third-order valence-electron chi connectivity index (χ3n) is 5.07. The Morgan fingerprint density at radius 1 is 0.743 bits per heavy atom. The Balaban J connectivity index is 1.83. The van der Waals surface area contributed by atoms with Crippen molar-refractivity contribution in [2.75, 3.05) is 0 Å². The third-order valence-corrected chi connectivity index (χ3v) is 8.55. The van der Waals surface area contributed by atoms with Crippen molar-refractivity contribution in [3.8, 4) is 11.5 Å². The van der Waals surface area contributed by atoms with E-state index in [1.54, 1.807) is 104 Å². The van der Waals surface area contributed by atoms with E-state index >= 15 is 0 Å². The molecule has 0 unspecified atom stereocenters. The van der Waals surface area contributed by atoms with E-state index in [1.165, 1.54) is 6.07 Å². The van der Waals surface area contributed by atoms with Crippen LogP contribution in [-0.2, 0) is 14.6 Å². The summed E-state index contributed by atoms with van der Waals surface area (Å²) in [5.74, 6) is -0.815. The van der Waals surface area contributed by atoms with Gasteiger partial charge < -0.3 is 9.05 Å². The second-order valence-electron chi connectivity index (χ2n) is 7.90. The zero-order valence-corrected chi connectivity index (χ0v) is 20.9. The van der Waals surface area contributed by atoms with Gasteiger partial charge in [-0.1, -0.05) is 72.3 Å². The summed E-state index contributed by atoms with van der Waals surface area (Å²) in [6, 6.07) is 28.7. The monoisotopic (exact) mass is 508 g/mol. The molecule has 1 heterocycles. The molecule has 1 N–H and O–H groups in total. The molecule has 0 saturated carbocycles. The van der Waals surface area contributed by atoms with Gasteiger partial charge in [0, 0.05) is 5.69 Å². The highest BCUT2D eigenvalue weighted by molar-refractivity contribution is 7.89. The van der Waals surface area contributed by atoms with Crippen molar-refractivity contribution in [2.24, 2.45) is 0 Å². The number of para-hydroxylation sites is 2. The molecule has 0 bridgehead atoms. The van der Waals surface area contributed by atoms with Gasteiger partial charge in [-0.25, -0.2) is 18.0 Å². The van der Waals surface area contributed by atoms with Gasteiger partial charge in [0.1, 0.15) is 11.5 Å². The summed E-state index contributed by atoms with van der Waals surface area (Å²) < 4.78 is 55.7. The number of hydrogen-bond donors (Lipinski definition) is 1. The van der Waals surface area contributed by atoms with Crippen LogP contribution in [0.4, 0.5) is 0 Å². The third kappa shape index (κ3) is 6.17. The van der Waals surface area contributed by atoms with Crippen LogP contribution in [0.3, 0.4) is 0 Å². The number of nitrogens with zero attached hydrogens (tertiary/aromatic N) is 1. The first kappa shape index (κ1) is 24.7. The first-order valence-electron chi connectivity index (χ1n) is 10.9. The minimum atomic E-state index is -4.26. The van der Waals surface area contributed by atoms with Gasteiger partial charge in [-0.05, 0) is 55.8 Å². The van der Waals surface area contributed by atoms with Crippen molar-refractivity contribution in [1.82, 2.24) is 9.71 Å². The summed E-state index contributed by atoms with van der Waals surface area (Å²) in [4.78, 5) is 4.13. The number of sulfonamides is 1. The number of aromatic nitrogens is 1. The highest BCUT2D eigenvalue weighted by atomic mass is 32.2. The molecule has 1 atom stereocenters. The smallest absolute Gasteiger partial charge is 0.415 e. The van der Waals surface area contributed by atoms with E-state index < -0.39 is 23.4 Å². The SMILES string of the molecule is Cc1ccc([C@H](NS(=O)(=O)c2cccc(C)n2)P(=O)(Oc2ccccc2)Oc2ccccc2)cc1. The number of hydrogen-bond acceptors (Lipinski definition) is 6. The molecular weight excluding hydrogens is 483 g/mol. The fourth-order valence-corrected chi connectivity index (χ4v) is 6.94. The van der Waals surface area contributed by atoms with Crippen LogP contribution in [0.1, 0.15) is 22.6 Å². The minimum absolute atomic E-state index is 0.194. The predicted octanol–water partition coefficient (Wildman–Crippen LogP) is 6.03. The second kappa shape index (κ2) is 10.4.